The number of halogens is 1. The average molecular weight is 252 g/mol. The number of ether oxygens (including phenoxy) is 1. The Balaban J connectivity index is 1.92. The van der Waals surface area contributed by atoms with Gasteiger partial charge in [0.25, 0.3) is 0 Å². The second kappa shape index (κ2) is 5.82. The summed E-state index contributed by atoms with van der Waals surface area (Å²) in [4.78, 5) is 11.6. The maximum Gasteiger partial charge on any atom is 0.224 e. The van der Waals surface area contributed by atoms with Gasteiger partial charge < -0.3 is 15.4 Å². The highest BCUT2D eigenvalue weighted by Gasteiger charge is 2.20. The molecule has 0 bridgehead atoms. The second-order valence-electron chi connectivity index (χ2n) is 4.35. The third kappa shape index (κ3) is 3.20. The number of benzene rings is 1. The summed E-state index contributed by atoms with van der Waals surface area (Å²) in [7, 11) is 0. The van der Waals surface area contributed by atoms with E-state index in [1.807, 2.05) is 0 Å². The van der Waals surface area contributed by atoms with E-state index in [9.17, 15) is 9.18 Å². The molecule has 0 radical (unpaired) electrons. The van der Waals surface area contributed by atoms with Crippen molar-refractivity contribution in [3.05, 3.63) is 24.0 Å². The van der Waals surface area contributed by atoms with Crippen molar-refractivity contribution in [1.82, 2.24) is 5.32 Å². The molecule has 5 heteroatoms. The molecule has 0 aromatic heterocycles. The Morgan fingerprint density at radius 2 is 2.33 bits per heavy atom. The Hall–Kier alpha value is -1.62. The minimum absolute atomic E-state index is 0.0786. The fourth-order valence-electron chi connectivity index (χ4n) is 1.82. The van der Waals surface area contributed by atoms with Gasteiger partial charge in [0, 0.05) is 18.2 Å². The number of hydrogen-bond donors (Lipinski definition) is 2. The van der Waals surface area contributed by atoms with E-state index in [-0.39, 0.29) is 11.7 Å². The van der Waals surface area contributed by atoms with Crippen LogP contribution in [0.15, 0.2) is 18.2 Å². The number of amides is 1. The highest BCUT2D eigenvalue weighted by atomic mass is 19.1. The SMILES string of the molecule is CCOc1ccc(NC(=O)CC2CNC2)cc1F. The van der Waals surface area contributed by atoms with Crippen molar-refractivity contribution < 1.29 is 13.9 Å². The monoisotopic (exact) mass is 252 g/mol. The molecule has 0 aliphatic carbocycles. The smallest absolute Gasteiger partial charge is 0.224 e. The van der Waals surface area contributed by atoms with Gasteiger partial charge in [-0.15, -0.1) is 0 Å². The Morgan fingerprint density at radius 3 is 2.89 bits per heavy atom. The minimum Gasteiger partial charge on any atom is -0.491 e. The number of rotatable bonds is 5. The van der Waals surface area contributed by atoms with Crippen LogP contribution in [0.5, 0.6) is 5.75 Å². The van der Waals surface area contributed by atoms with E-state index in [0.717, 1.165) is 13.1 Å². The van der Waals surface area contributed by atoms with E-state index in [4.69, 9.17) is 4.74 Å². The van der Waals surface area contributed by atoms with Crippen molar-refractivity contribution in [3.8, 4) is 5.75 Å². The van der Waals surface area contributed by atoms with Gasteiger partial charge in [-0.05, 0) is 38.1 Å². The van der Waals surface area contributed by atoms with Gasteiger partial charge in [-0.25, -0.2) is 4.39 Å². The lowest BCUT2D eigenvalue weighted by molar-refractivity contribution is -0.117. The van der Waals surface area contributed by atoms with E-state index < -0.39 is 5.82 Å². The number of hydrogen-bond acceptors (Lipinski definition) is 3. The quantitative estimate of drug-likeness (QED) is 0.839. The molecule has 1 fully saturated rings. The van der Waals surface area contributed by atoms with Gasteiger partial charge >= 0.3 is 0 Å². The van der Waals surface area contributed by atoms with Gasteiger partial charge in [-0.2, -0.15) is 0 Å². The van der Waals surface area contributed by atoms with Crippen LogP contribution in [0.3, 0.4) is 0 Å². The zero-order valence-corrected chi connectivity index (χ0v) is 10.3. The molecule has 1 aromatic carbocycles. The first-order valence-electron chi connectivity index (χ1n) is 6.12. The van der Waals surface area contributed by atoms with Crippen molar-refractivity contribution in [2.45, 2.75) is 13.3 Å². The molecule has 1 saturated heterocycles. The first-order valence-corrected chi connectivity index (χ1v) is 6.12. The molecule has 1 aliphatic rings. The van der Waals surface area contributed by atoms with Gasteiger partial charge in [-0.3, -0.25) is 4.79 Å². The Bertz CT molecular complexity index is 433. The minimum atomic E-state index is -0.458. The Morgan fingerprint density at radius 1 is 1.56 bits per heavy atom. The molecule has 2 N–H and O–H groups in total. The van der Waals surface area contributed by atoms with E-state index in [1.165, 1.54) is 12.1 Å². The summed E-state index contributed by atoms with van der Waals surface area (Å²) in [5.41, 5.74) is 0.466. The second-order valence-corrected chi connectivity index (χ2v) is 4.35. The molecule has 98 valence electrons. The van der Waals surface area contributed by atoms with E-state index >= 15 is 0 Å². The predicted octanol–water partition coefficient (Wildman–Crippen LogP) is 1.77. The first kappa shape index (κ1) is 12.8. The van der Waals surface area contributed by atoms with Crippen molar-refractivity contribution in [1.29, 1.82) is 0 Å². The standard InChI is InChI=1S/C13H17FN2O2/c1-2-18-12-4-3-10(6-11(12)14)16-13(17)5-9-7-15-8-9/h3-4,6,9,15H,2,5,7-8H2,1H3,(H,16,17). The lowest BCUT2D eigenvalue weighted by Crippen LogP contribution is -2.43. The van der Waals surface area contributed by atoms with Crippen LogP contribution in [0, 0.1) is 11.7 Å². The highest BCUT2D eigenvalue weighted by molar-refractivity contribution is 5.91. The maximum absolute atomic E-state index is 13.5. The summed E-state index contributed by atoms with van der Waals surface area (Å²) >= 11 is 0. The van der Waals surface area contributed by atoms with Crippen molar-refractivity contribution in [2.75, 3.05) is 25.0 Å². The summed E-state index contributed by atoms with van der Waals surface area (Å²) in [6.07, 6.45) is 0.474. The summed E-state index contributed by atoms with van der Waals surface area (Å²) in [6.45, 7) is 3.97. The lowest BCUT2D eigenvalue weighted by Gasteiger charge is -2.26. The highest BCUT2D eigenvalue weighted by Crippen LogP contribution is 2.21. The molecule has 0 saturated carbocycles. The van der Waals surface area contributed by atoms with E-state index in [2.05, 4.69) is 10.6 Å². The van der Waals surface area contributed by atoms with Crippen LogP contribution < -0.4 is 15.4 Å². The largest absolute Gasteiger partial charge is 0.491 e. The fraction of sp³-hybridized carbons (Fsp3) is 0.462. The molecule has 2 rings (SSSR count). The van der Waals surface area contributed by atoms with Crippen molar-refractivity contribution >= 4 is 11.6 Å². The van der Waals surface area contributed by atoms with Crippen LogP contribution in [0.1, 0.15) is 13.3 Å². The van der Waals surface area contributed by atoms with Crippen molar-refractivity contribution in [2.24, 2.45) is 5.92 Å². The summed E-state index contributed by atoms with van der Waals surface area (Å²) in [6, 6.07) is 4.45. The van der Waals surface area contributed by atoms with Gasteiger partial charge in [0.2, 0.25) is 5.91 Å². The Kier molecular flexibility index (Phi) is 4.15. The predicted molar refractivity (Wildman–Crippen MR) is 67.2 cm³/mol. The molecule has 1 aromatic rings. The molecule has 1 aliphatic heterocycles. The molecule has 1 amide bonds. The topological polar surface area (TPSA) is 50.4 Å². The van der Waals surface area contributed by atoms with Gasteiger partial charge in [-0.1, -0.05) is 0 Å². The van der Waals surface area contributed by atoms with E-state index in [0.29, 0.717) is 24.6 Å². The number of anilines is 1. The molecule has 0 spiro atoms. The van der Waals surface area contributed by atoms with Crippen LogP contribution in [-0.4, -0.2) is 25.6 Å². The molecular weight excluding hydrogens is 235 g/mol. The van der Waals surface area contributed by atoms with Crippen molar-refractivity contribution in [3.63, 3.8) is 0 Å². The van der Waals surface area contributed by atoms with Gasteiger partial charge in [0.15, 0.2) is 11.6 Å². The number of carbonyl (C=O) groups is 1. The fourth-order valence-corrected chi connectivity index (χ4v) is 1.82. The number of nitrogens with one attached hydrogen (secondary N) is 2. The third-order valence-corrected chi connectivity index (χ3v) is 2.86. The van der Waals surface area contributed by atoms with E-state index in [1.54, 1.807) is 13.0 Å². The van der Waals surface area contributed by atoms with Crippen LogP contribution in [-0.2, 0) is 4.79 Å². The normalized spacial score (nSPS) is 15.0. The molecule has 0 unspecified atom stereocenters. The number of carbonyl (C=O) groups excluding carboxylic acids is 1. The molecule has 18 heavy (non-hydrogen) atoms. The molecule has 0 atom stereocenters. The molecule has 1 heterocycles. The maximum atomic E-state index is 13.5. The van der Waals surface area contributed by atoms with Crippen LogP contribution in [0.2, 0.25) is 0 Å². The Labute approximate surface area is 106 Å². The molecular formula is C13H17FN2O2. The summed E-state index contributed by atoms with van der Waals surface area (Å²) < 4.78 is 18.6. The summed E-state index contributed by atoms with van der Waals surface area (Å²) in [5.74, 6) is 0.0706. The summed E-state index contributed by atoms with van der Waals surface area (Å²) in [5, 5.41) is 5.79. The molecule has 4 nitrogen and oxygen atoms in total. The first-order chi connectivity index (χ1) is 8.69. The van der Waals surface area contributed by atoms with Crippen LogP contribution in [0.4, 0.5) is 10.1 Å². The average Bonchev–Trinajstić information content (AvgIpc) is 2.28. The van der Waals surface area contributed by atoms with Gasteiger partial charge in [0.05, 0.1) is 6.61 Å². The lowest BCUT2D eigenvalue weighted by atomic mass is 9.99. The van der Waals surface area contributed by atoms with Crippen LogP contribution >= 0.6 is 0 Å². The zero-order chi connectivity index (χ0) is 13.0. The zero-order valence-electron chi connectivity index (χ0n) is 10.3. The van der Waals surface area contributed by atoms with Crippen LogP contribution in [0.25, 0.3) is 0 Å². The third-order valence-electron chi connectivity index (χ3n) is 2.86. The van der Waals surface area contributed by atoms with Gasteiger partial charge in [0.1, 0.15) is 0 Å².